The lowest BCUT2D eigenvalue weighted by atomic mass is 9.97. The topological polar surface area (TPSA) is 120 Å². The Morgan fingerprint density at radius 3 is 3.00 bits per heavy atom. The lowest BCUT2D eigenvalue weighted by molar-refractivity contribution is -0.0176. The highest BCUT2D eigenvalue weighted by molar-refractivity contribution is 5.29. The molecule has 2 unspecified atom stereocenters. The third-order valence-electron chi connectivity index (χ3n) is 2.93. The fraction of sp³-hybridized carbons (Fsp3) is 0.667. The van der Waals surface area contributed by atoms with Crippen LogP contribution in [0.4, 0.5) is 5.82 Å². The number of nitrogens with one attached hydrogen (secondary N) is 3. The summed E-state index contributed by atoms with van der Waals surface area (Å²) in [6.07, 6.45) is 0.180. The molecule has 1 aromatic rings. The van der Waals surface area contributed by atoms with Crippen LogP contribution in [0.25, 0.3) is 0 Å². The number of aliphatic hydroxyl groups is 1. The molecule has 0 amide bonds. The van der Waals surface area contributed by atoms with E-state index in [1.165, 1.54) is 0 Å². The predicted octanol–water partition coefficient (Wildman–Crippen LogP) is -1.59. The third kappa shape index (κ3) is 2.37. The lowest BCUT2D eigenvalue weighted by Crippen LogP contribution is -2.44. The van der Waals surface area contributed by atoms with Crippen molar-refractivity contribution < 1.29 is 9.84 Å². The molecule has 17 heavy (non-hydrogen) atoms. The average molecular weight is 242 g/mol. The maximum absolute atomic E-state index is 11.3. The first kappa shape index (κ1) is 11.8. The largest absolute Gasteiger partial charge is 0.385 e. The molecular formula is C9H14N4O4. The van der Waals surface area contributed by atoms with Crippen molar-refractivity contribution in [2.75, 3.05) is 18.5 Å². The van der Waals surface area contributed by atoms with Crippen LogP contribution in [0, 0.1) is 0 Å². The Morgan fingerprint density at radius 2 is 2.41 bits per heavy atom. The lowest BCUT2D eigenvalue weighted by Gasteiger charge is -2.25. The maximum atomic E-state index is 11.3. The molecule has 1 aromatic heterocycles. The molecule has 0 saturated carbocycles. The second-order valence-corrected chi connectivity index (χ2v) is 4.08. The minimum Gasteiger partial charge on any atom is -0.385 e. The summed E-state index contributed by atoms with van der Waals surface area (Å²) in [6, 6.07) is 0. The molecule has 2 heterocycles. The zero-order chi connectivity index (χ0) is 12.5. The Hall–Kier alpha value is -1.67. The summed E-state index contributed by atoms with van der Waals surface area (Å²) >= 11 is 0. The fourth-order valence-electron chi connectivity index (χ4n) is 1.71. The maximum Gasteiger partial charge on any atom is 0.342 e. The molecule has 1 aliphatic rings. The summed E-state index contributed by atoms with van der Waals surface area (Å²) in [5, 5.41) is 18.5. The highest BCUT2D eigenvalue weighted by Crippen LogP contribution is 2.25. The summed E-state index contributed by atoms with van der Waals surface area (Å²) < 4.78 is 5.25. The first-order valence-corrected chi connectivity index (χ1v) is 5.28. The molecule has 8 nitrogen and oxygen atoms in total. The molecule has 1 aliphatic heterocycles. The Labute approximate surface area is 96.0 Å². The van der Waals surface area contributed by atoms with Crippen molar-refractivity contribution in [2.45, 2.75) is 25.0 Å². The summed E-state index contributed by atoms with van der Waals surface area (Å²) in [4.78, 5) is 24.1. The molecule has 4 N–H and O–H groups in total. The number of anilines is 1. The van der Waals surface area contributed by atoms with E-state index in [1.54, 1.807) is 6.92 Å². The molecule has 0 spiro atoms. The second-order valence-electron chi connectivity index (χ2n) is 4.08. The van der Waals surface area contributed by atoms with Crippen LogP contribution in [0.15, 0.2) is 9.59 Å². The quantitative estimate of drug-likeness (QED) is 0.507. The van der Waals surface area contributed by atoms with Gasteiger partial charge in [-0.3, -0.25) is 9.78 Å². The van der Waals surface area contributed by atoms with Gasteiger partial charge in [0.15, 0.2) is 0 Å². The van der Waals surface area contributed by atoms with Gasteiger partial charge < -0.3 is 15.2 Å². The predicted molar refractivity (Wildman–Crippen MR) is 58.9 cm³/mol. The van der Waals surface area contributed by atoms with Crippen LogP contribution in [0.2, 0.25) is 0 Å². The zero-order valence-electron chi connectivity index (χ0n) is 9.32. The van der Waals surface area contributed by atoms with Crippen LogP contribution in [0.1, 0.15) is 13.3 Å². The molecule has 94 valence electrons. The normalized spacial score (nSPS) is 28.2. The molecule has 1 fully saturated rings. The van der Waals surface area contributed by atoms with Gasteiger partial charge in [-0.15, -0.1) is 5.10 Å². The summed E-state index contributed by atoms with van der Waals surface area (Å²) in [5.74, 6) is -0.0304. The van der Waals surface area contributed by atoms with Crippen molar-refractivity contribution in [1.29, 1.82) is 0 Å². The van der Waals surface area contributed by atoms with Crippen LogP contribution in [-0.2, 0) is 4.74 Å². The molecule has 2 rings (SSSR count). The minimum atomic E-state index is -1.02. The standard InChI is InChI=1S/C9H14N4O4/c1-5-9(16,2-3-17-5)4-10-6-7(14)11-8(15)13-12-6/h5,16H,2-4H2,1H3,(H,10,12)(H2,11,13,14,15). The first-order chi connectivity index (χ1) is 8.01. The first-order valence-electron chi connectivity index (χ1n) is 5.28. The van der Waals surface area contributed by atoms with E-state index in [1.807, 2.05) is 4.98 Å². The van der Waals surface area contributed by atoms with E-state index in [-0.39, 0.29) is 18.5 Å². The molecule has 0 aromatic carbocycles. The van der Waals surface area contributed by atoms with Gasteiger partial charge in [0.25, 0.3) is 5.56 Å². The van der Waals surface area contributed by atoms with Crippen LogP contribution in [0.3, 0.4) is 0 Å². The number of H-pyrrole nitrogens is 2. The molecule has 8 heteroatoms. The molecular weight excluding hydrogens is 228 g/mol. The Balaban J connectivity index is 2.07. The van der Waals surface area contributed by atoms with Crippen molar-refractivity contribution in [2.24, 2.45) is 0 Å². The van der Waals surface area contributed by atoms with E-state index in [4.69, 9.17) is 4.74 Å². The van der Waals surface area contributed by atoms with Crippen LogP contribution >= 0.6 is 0 Å². The van der Waals surface area contributed by atoms with Crippen molar-refractivity contribution in [3.05, 3.63) is 20.8 Å². The Morgan fingerprint density at radius 1 is 1.65 bits per heavy atom. The molecule has 0 radical (unpaired) electrons. The van der Waals surface area contributed by atoms with Gasteiger partial charge in [0.05, 0.1) is 6.10 Å². The van der Waals surface area contributed by atoms with E-state index in [2.05, 4.69) is 15.5 Å². The summed E-state index contributed by atoms with van der Waals surface area (Å²) in [7, 11) is 0. The molecule has 0 bridgehead atoms. The number of nitrogens with zero attached hydrogens (tertiary/aromatic N) is 1. The molecule has 0 aliphatic carbocycles. The van der Waals surface area contributed by atoms with E-state index < -0.39 is 16.9 Å². The highest BCUT2D eigenvalue weighted by Gasteiger charge is 2.39. The number of hydrogen-bond donors (Lipinski definition) is 4. The van der Waals surface area contributed by atoms with Crippen molar-refractivity contribution in [3.63, 3.8) is 0 Å². The summed E-state index contributed by atoms with van der Waals surface area (Å²) in [6.45, 7) is 2.38. The van der Waals surface area contributed by atoms with E-state index >= 15 is 0 Å². The third-order valence-corrected chi connectivity index (χ3v) is 2.93. The van der Waals surface area contributed by atoms with Crippen molar-refractivity contribution in [1.82, 2.24) is 15.2 Å². The minimum absolute atomic E-state index is 0.0304. The van der Waals surface area contributed by atoms with Gasteiger partial charge in [-0.25, -0.2) is 9.89 Å². The monoisotopic (exact) mass is 242 g/mol. The second kappa shape index (κ2) is 4.30. The SMILES string of the molecule is CC1OCCC1(O)CNc1n[nH]c(=O)[nH]c1=O. The fourth-order valence-corrected chi connectivity index (χ4v) is 1.71. The van der Waals surface area contributed by atoms with E-state index in [0.29, 0.717) is 13.0 Å². The van der Waals surface area contributed by atoms with Gasteiger partial charge in [-0.05, 0) is 6.92 Å². The number of ether oxygens (including phenoxy) is 1. The average Bonchev–Trinajstić information content (AvgIpc) is 2.59. The molecule has 2 atom stereocenters. The van der Waals surface area contributed by atoms with Gasteiger partial charge in [0.2, 0.25) is 5.82 Å². The van der Waals surface area contributed by atoms with Crippen LogP contribution in [-0.4, -0.2) is 45.1 Å². The zero-order valence-corrected chi connectivity index (χ0v) is 9.32. The Bertz CT molecular complexity index is 510. The van der Waals surface area contributed by atoms with Gasteiger partial charge in [-0.1, -0.05) is 0 Å². The van der Waals surface area contributed by atoms with Gasteiger partial charge in [0.1, 0.15) is 5.60 Å². The van der Waals surface area contributed by atoms with Crippen LogP contribution < -0.4 is 16.6 Å². The smallest absolute Gasteiger partial charge is 0.342 e. The number of hydrogen-bond acceptors (Lipinski definition) is 6. The van der Waals surface area contributed by atoms with Crippen molar-refractivity contribution in [3.8, 4) is 0 Å². The van der Waals surface area contributed by atoms with E-state index in [0.717, 1.165) is 0 Å². The molecule has 1 saturated heterocycles. The number of aromatic nitrogens is 3. The van der Waals surface area contributed by atoms with Gasteiger partial charge in [-0.2, -0.15) is 0 Å². The van der Waals surface area contributed by atoms with E-state index in [9.17, 15) is 14.7 Å². The number of aromatic amines is 2. The van der Waals surface area contributed by atoms with Gasteiger partial charge >= 0.3 is 5.69 Å². The Kier molecular flexibility index (Phi) is 2.99. The number of rotatable bonds is 3. The van der Waals surface area contributed by atoms with Gasteiger partial charge in [0, 0.05) is 19.6 Å². The van der Waals surface area contributed by atoms with Crippen molar-refractivity contribution >= 4 is 5.82 Å². The van der Waals surface area contributed by atoms with Crippen LogP contribution in [0.5, 0.6) is 0 Å². The highest BCUT2D eigenvalue weighted by atomic mass is 16.5. The summed E-state index contributed by atoms with van der Waals surface area (Å²) in [5.41, 5.74) is -2.31.